The number of nitrogen functional groups attached to an aromatic ring is 1. The van der Waals surface area contributed by atoms with Crippen LogP contribution in [0, 0.1) is 0 Å². The van der Waals surface area contributed by atoms with Crippen LogP contribution < -0.4 is 11.1 Å². The molecule has 0 fully saturated rings. The number of aliphatic carboxylic acids is 1. The fourth-order valence-corrected chi connectivity index (χ4v) is 1.50. The lowest BCUT2D eigenvalue weighted by Gasteiger charge is -2.09. The molecule has 126 valence electrons. The van der Waals surface area contributed by atoms with Gasteiger partial charge in [-0.15, -0.1) is 0 Å². The van der Waals surface area contributed by atoms with Crippen molar-refractivity contribution in [3.8, 4) is 0 Å². The van der Waals surface area contributed by atoms with E-state index in [9.17, 15) is 0 Å². The van der Waals surface area contributed by atoms with Crippen molar-refractivity contribution in [2.75, 3.05) is 11.1 Å². The number of carbonyl (C=O) groups is 1. The van der Waals surface area contributed by atoms with Gasteiger partial charge in [0, 0.05) is 25.4 Å². The largest absolute Gasteiger partial charge is 0.481 e. The van der Waals surface area contributed by atoms with Gasteiger partial charge in [-0.05, 0) is 38.1 Å². The van der Waals surface area contributed by atoms with Crippen LogP contribution in [0.1, 0.15) is 20.8 Å². The van der Waals surface area contributed by atoms with Crippen LogP contribution in [0.4, 0.5) is 11.4 Å². The Morgan fingerprint density at radius 3 is 2.00 bits per heavy atom. The average molecular weight is 359 g/mol. The van der Waals surface area contributed by atoms with Crippen LogP contribution in [0.15, 0.2) is 36.7 Å². The first kappa shape index (κ1) is 20.9. The highest BCUT2D eigenvalue weighted by atomic mass is 35.5. The molecule has 2 heterocycles. The molecule has 23 heavy (non-hydrogen) atoms. The number of nitrogens with zero attached hydrogens (tertiary/aromatic N) is 2. The minimum Gasteiger partial charge on any atom is -0.481 e. The first-order valence-corrected chi connectivity index (χ1v) is 7.42. The van der Waals surface area contributed by atoms with E-state index < -0.39 is 5.97 Å². The van der Waals surface area contributed by atoms with E-state index in [1.807, 2.05) is 12.1 Å². The number of nitrogens with two attached hydrogens (primary N) is 1. The van der Waals surface area contributed by atoms with Crippen LogP contribution in [-0.4, -0.2) is 27.1 Å². The molecule has 0 radical (unpaired) electrons. The summed E-state index contributed by atoms with van der Waals surface area (Å²) < 4.78 is 0. The smallest absolute Gasteiger partial charge is 0.300 e. The number of anilines is 2. The predicted molar refractivity (Wildman–Crippen MR) is 95.0 cm³/mol. The van der Waals surface area contributed by atoms with Crippen LogP contribution in [0.25, 0.3) is 0 Å². The second kappa shape index (κ2) is 11.5. The number of pyridine rings is 2. The predicted octanol–water partition coefficient (Wildman–Crippen LogP) is 3.96. The highest BCUT2D eigenvalue weighted by molar-refractivity contribution is 6.32. The number of aromatic nitrogens is 2. The molecule has 0 aliphatic heterocycles. The second-order valence-corrected chi connectivity index (χ2v) is 5.26. The number of carboxylic acids is 1. The van der Waals surface area contributed by atoms with Crippen LogP contribution >= 0.6 is 23.2 Å². The van der Waals surface area contributed by atoms with Crippen LogP contribution in [0.5, 0.6) is 0 Å². The fourth-order valence-electron chi connectivity index (χ4n) is 1.20. The molecule has 6 nitrogen and oxygen atoms in total. The summed E-state index contributed by atoms with van der Waals surface area (Å²) in [4.78, 5) is 16.7. The maximum absolute atomic E-state index is 9.00. The molecule has 2 aromatic rings. The zero-order valence-electron chi connectivity index (χ0n) is 13.1. The summed E-state index contributed by atoms with van der Waals surface area (Å²) in [7, 11) is 0. The van der Waals surface area contributed by atoms with Crippen molar-refractivity contribution in [1.29, 1.82) is 0 Å². The molecule has 2 rings (SSSR count). The third-order valence-corrected chi connectivity index (χ3v) is 2.61. The fraction of sp³-hybridized carbons (Fsp3) is 0.267. The van der Waals surface area contributed by atoms with Crippen molar-refractivity contribution < 1.29 is 9.90 Å². The number of rotatable bonds is 2. The van der Waals surface area contributed by atoms with Gasteiger partial charge in [-0.2, -0.15) is 0 Å². The van der Waals surface area contributed by atoms with E-state index in [2.05, 4.69) is 29.1 Å². The van der Waals surface area contributed by atoms with Gasteiger partial charge in [-0.25, -0.2) is 9.97 Å². The SMILES string of the molecule is CC(=O)O.CC(C)Nc1cccnc1Cl.Nc1cccnc1Cl. The van der Waals surface area contributed by atoms with E-state index in [0.29, 0.717) is 22.0 Å². The highest BCUT2D eigenvalue weighted by Crippen LogP contribution is 2.17. The zero-order valence-corrected chi connectivity index (χ0v) is 14.6. The molecule has 0 atom stereocenters. The Kier molecular flexibility index (Phi) is 10.5. The van der Waals surface area contributed by atoms with Gasteiger partial charge in [-0.3, -0.25) is 4.79 Å². The summed E-state index contributed by atoms with van der Waals surface area (Å²) >= 11 is 11.3. The standard InChI is InChI=1S/C8H11ClN2.C5H5ClN2.C2H4O2/c1-6(2)11-7-4-3-5-10-8(7)9;6-5-4(7)2-1-3-8-5;1-2(3)4/h3-6,11H,1-2H3;1-3H,7H2;1H3,(H,3,4). The third-order valence-electron chi connectivity index (χ3n) is 1.99. The molecule has 0 aromatic carbocycles. The van der Waals surface area contributed by atoms with Gasteiger partial charge in [0.05, 0.1) is 11.4 Å². The molecular weight excluding hydrogens is 339 g/mol. The Hall–Kier alpha value is -2.05. The van der Waals surface area contributed by atoms with E-state index in [1.165, 1.54) is 0 Å². The lowest BCUT2D eigenvalue weighted by molar-refractivity contribution is -0.134. The lowest BCUT2D eigenvalue weighted by atomic mass is 10.3. The van der Waals surface area contributed by atoms with Crippen LogP contribution in [-0.2, 0) is 4.79 Å². The van der Waals surface area contributed by atoms with E-state index in [-0.39, 0.29) is 0 Å². The normalized spacial score (nSPS) is 9.13. The molecule has 2 aromatic heterocycles. The van der Waals surface area contributed by atoms with Gasteiger partial charge in [0.1, 0.15) is 0 Å². The van der Waals surface area contributed by atoms with Crippen LogP contribution in [0.3, 0.4) is 0 Å². The maximum Gasteiger partial charge on any atom is 0.300 e. The van der Waals surface area contributed by atoms with E-state index in [1.54, 1.807) is 24.5 Å². The van der Waals surface area contributed by atoms with Gasteiger partial charge in [0.25, 0.3) is 5.97 Å². The summed E-state index contributed by atoms with van der Waals surface area (Å²) in [5.41, 5.74) is 6.74. The molecule has 0 aliphatic carbocycles. The Labute approximate surface area is 145 Å². The summed E-state index contributed by atoms with van der Waals surface area (Å²) in [6, 6.07) is 7.60. The Morgan fingerprint density at radius 1 is 1.17 bits per heavy atom. The molecule has 0 unspecified atom stereocenters. The number of nitrogens with one attached hydrogen (secondary N) is 1. The Morgan fingerprint density at radius 2 is 1.65 bits per heavy atom. The van der Waals surface area contributed by atoms with Gasteiger partial charge < -0.3 is 16.2 Å². The summed E-state index contributed by atoms with van der Waals surface area (Å²) in [6.45, 7) is 5.20. The zero-order chi connectivity index (χ0) is 17.8. The second-order valence-electron chi connectivity index (χ2n) is 4.54. The molecular formula is C15H20Cl2N4O2. The van der Waals surface area contributed by atoms with Gasteiger partial charge in [-0.1, -0.05) is 23.2 Å². The summed E-state index contributed by atoms with van der Waals surface area (Å²) in [6.07, 6.45) is 3.27. The Bertz CT molecular complexity index is 585. The number of hydrogen-bond acceptors (Lipinski definition) is 5. The summed E-state index contributed by atoms with van der Waals surface area (Å²) in [5.74, 6) is -0.833. The molecule has 0 bridgehead atoms. The average Bonchev–Trinajstić information content (AvgIpc) is 2.44. The van der Waals surface area contributed by atoms with Gasteiger partial charge >= 0.3 is 0 Å². The minimum absolute atomic E-state index is 0.368. The molecule has 0 saturated carbocycles. The van der Waals surface area contributed by atoms with E-state index in [4.69, 9.17) is 38.8 Å². The van der Waals surface area contributed by atoms with Crippen molar-refractivity contribution in [1.82, 2.24) is 9.97 Å². The number of carboxylic acid groups (broad SMARTS) is 1. The molecule has 0 spiro atoms. The van der Waals surface area contributed by atoms with Crippen molar-refractivity contribution in [3.05, 3.63) is 47.0 Å². The molecule has 0 amide bonds. The highest BCUT2D eigenvalue weighted by Gasteiger charge is 1.99. The van der Waals surface area contributed by atoms with Crippen molar-refractivity contribution in [3.63, 3.8) is 0 Å². The van der Waals surface area contributed by atoms with Crippen molar-refractivity contribution in [2.45, 2.75) is 26.8 Å². The third kappa shape index (κ3) is 11.2. The quantitative estimate of drug-likeness (QED) is 0.702. The number of halogens is 2. The maximum atomic E-state index is 9.00. The molecule has 8 heteroatoms. The number of hydrogen-bond donors (Lipinski definition) is 3. The van der Waals surface area contributed by atoms with E-state index >= 15 is 0 Å². The molecule has 4 N–H and O–H groups in total. The summed E-state index contributed by atoms with van der Waals surface area (Å²) in [5, 5.41) is 11.5. The molecule has 0 aliphatic rings. The monoisotopic (exact) mass is 358 g/mol. The first-order valence-electron chi connectivity index (χ1n) is 6.66. The van der Waals surface area contributed by atoms with Crippen molar-refractivity contribution >= 4 is 40.5 Å². The first-order chi connectivity index (χ1) is 10.7. The molecule has 0 saturated heterocycles. The van der Waals surface area contributed by atoms with Crippen molar-refractivity contribution in [2.24, 2.45) is 0 Å². The van der Waals surface area contributed by atoms with Gasteiger partial charge in [0.15, 0.2) is 10.3 Å². The Balaban J connectivity index is 0.000000354. The van der Waals surface area contributed by atoms with Crippen LogP contribution in [0.2, 0.25) is 10.3 Å². The minimum atomic E-state index is -0.833. The van der Waals surface area contributed by atoms with Gasteiger partial charge in [0.2, 0.25) is 0 Å². The lowest BCUT2D eigenvalue weighted by Crippen LogP contribution is -2.10. The topological polar surface area (TPSA) is 101 Å². The van der Waals surface area contributed by atoms with E-state index in [0.717, 1.165) is 12.6 Å².